The van der Waals surface area contributed by atoms with Gasteiger partial charge in [0, 0.05) is 0 Å². The van der Waals surface area contributed by atoms with Gasteiger partial charge in [-0.2, -0.15) is 0 Å². The first-order chi connectivity index (χ1) is 7.15. The van der Waals surface area contributed by atoms with E-state index in [2.05, 4.69) is 13.5 Å². The SMILES string of the molecule is C=C1CC[C@@H](C(=O)O)C(CCCCC)C1. The van der Waals surface area contributed by atoms with E-state index in [9.17, 15) is 4.79 Å². The van der Waals surface area contributed by atoms with Crippen molar-refractivity contribution in [1.82, 2.24) is 0 Å². The first-order valence-corrected chi connectivity index (χ1v) is 6.04. The van der Waals surface area contributed by atoms with Crippen LogP contribution in [0.3, 0.4) is 0 Å². The highest BCUT2D eigenvalue weighted by Crippen LogP contribution is 2.36. The lowest BCUT2D eigenvalue weighted by molar-refractivity contribution is -0.144. The highest BCUT2D eigenvalue weighted by atomic mass is 16.4. The first-order valence-electron chi connectivity index (χ1n) is 6.04. The number of allylic oxidation sites excluding steroid dienone is 1. The van der Waals surface area contributed by atoms with E-state index in [1.807, 2.05) is 0 Å². The molecule has 15 heavy (non-hydrogen) atoms. The van der Waals surface area contributed by atoms with Gasteiger partial charge in [0.05, 0.1) is 5.92 Å². The van der Waals surface area contributed by atoms with Crippen molar-refractivity contribution in [3.05, 3.63) is 12.2 Å². The summed E-state index contributed by atoms with van der Waals surface area (Å²) < 4.78 is 0. The van der Waals surface area contributed by atoms with Gasteiger partial charge in [-0.15, -0.1) is 0 Å². The summed E-state index contributed by atoms with van der Waals surface area (Å²) in [4.78, 5) is 11.1. The van der Waals surface area contributed by atoms with Crippen molar-refractivity contribution in [1.29, 1.82) is 0 Å². The Morgan fingerprint density at radius 1 is 1.53 bits per heavy atom. The third-order valence-corrected chi connectivity index (χ3v) is 3.42. The molecule has 0 bridgehead atoms. The predicted molar refractivity (Wildman–Crippen MR) is 61.7 cm³/mol. The molecule has 86 valence electrons. The Bertz CT molecular complexity index is 233. The fourth-order valence-corrected chi connectivity index (χ4v) is 2.50. The average molecular weight is 210 g/mol. The Morgan fingerprint density at radius 2 is 2.27 bits per heavy atom. The third kappa shape index (κ3) is 3.69. The predicted octanol–water partition coefficient (Wildman–Crippen LogP) is 3.62. The van der Waals surface area contributed by atoms with Gasteiger partial charge in [0.2, 0.25) is 0 Å². The van der Waals surface area contributed by atoms with Gasteiger partial charge in [-0.25, -0.2) is 0 Å². The molecular formula is C13H22O2. The number of hydrogen-bond donors (Lipinski definition) is 1. The molecule has 0 spiro atoms. The summed E-state index contributed by atoms with van der Waals surface area (Å²) in [6.07, 6.45) is 7.27. The number of hydrogen-bond acceptors (Lipinski definition) is 1. The maximum atomic E-state index is 11.1. The molecule has 1 unspecified atom stereocenters. The molecule has 0 amide bonds. The minimum absolute atomic E-state index is 0.118. The van der Waals surface area contributed by atoms with Gasteiger partial charge in [-0.05, 0) is 31.6 Å². The van der Waals surface area contributed by atoms with Crippen LogP contribution in [-0.4, -0.2) is 11.1 Å². The fourth-order valence-electron chi connectivity index (χ4n) is 2.50. The summed E-state index contributed by atoms with van der Waals surface area (Å²) in [7, 11) is 0. The van der Waals surface area contributed by atoms with Crippen LogP contribution in [0.4, 0.5) is 0 Å². The van der Waals surface area contributed by atoms with E-state index in [0.717, 1.165) is 32.1 Å². The number of carboxylic acids is 1. The van der Waals surface area contributed by atoms with Crippen LogP contribution in [-0.2, 0) is 4.79 Å². The molecule has 0 saturated heterocycles. The van der Waals surface area contributed by atoms with Gasteiger partial charge in [-0.3, -0.25) is 4.79 Å². The zero-order valence-corrected chi connectivity index (χ0v) is 9.67. The van der Waals surface area contributed by atoms with Crippen molar-refractivity contribution in [2.45, 2.75) is 51.9 Å². The summed E-state index contributed by atoms with van der Waals surface area (Å²) in [6, 6.07) is 0. The Hall–Kier alpha value is -0.790. The minimum Gasteiger partial charge on any atom is -0.481 e. The van der Waals surface area contributed by atoms with E-state index < -0.39 is 5.97 Å². The summed E-state index contributed by atoms with van der Waals surface area (Å²) >= 11 is 0. The topological polar surface area (TPSA) is 37.3 Å². The van der Waals surface area contributed by atoms with Crippen LogP contribution < -0.4 is 0 Å². The lowest BCUT2D eigenvalue weighted by atomic mass is 9.75. The lowest BCUT2D eigenvalue weighted by Crippen LogP contribution is -2.27. The summed E-state index contributed by atoms with van der Waals surface area (Å²) in [6.45, 7) is 6.17. The summed E-state index contributed by atoms with van der Waals surface area (Å²) in [5, 5.41) is 9.12. The minimum atomic E-state index is -0.607. The number of rotatable bonds is 5. The van der Waals surface area contributed by atoms with E-state index in [0.29, 0.717) is 5.92 Å². The van der Waals surface area contributed by atoms with Crippen LogP contribution in [0.1, 0.15) is 51.9 Å². The molecule has 1 aliphatic rings. The molecule has 1 fully saturated rings. The van der Waals surface area contributed by atoms with Crippen molar-refractivity contribution in [3.8, 4) is 0 Å². The van der Waals surface area contributed by atoms with E-state index in [1.54, 1.807) is 0 Å². The molecule has 1 rings (SSSR count). The van der Waals surface area contributed by atoms with E-state index in [1.165, 1.54) is 18.4 Å². The van der Waals surface area contributed by atoms with Crippen molar-refractivity contribution < 1.29 is 9.90 Å². The van der Waals surface area contributed by atoms with E-state index >= 15 is 0 Å². The number of carbonyl (C=O) groups is 1. The van der Waals surface area contributed by atoms with Crippen molar-refractivity contribution >= 4 is 5.97 Å². The van der Waals surface area contributed by atoms with Crippen molar-refractivity contribution in [2.24, 2.45) is 11.8 Å². The second kappa shape index (κ2) is 5.94. The van der Waals surface area contributed by atoms with Crippen LogP contribution >= 0.6 is 0 Å². The molecule has 1 saturated carbocycles. The normalized spacial score (nSPS) is 26.6. The summed E-state index contributed by atoms with van der Waals surface area (Å²) in [5.74, 6) is -0.383. The molecule has 0 aromatic heterocycles. The number of carboxylic acid groups (broad SMARTS) is 1. The smallest absolute Gasteiger partial charge is 0.306 e. The highest BCUT2D eigenvalue weighted by Gasteiger charge is 2.31. The maximum absolute atomic E-state index is 11.1. The van der Waals surface area contributed by atoms with E-state index in [4.69, 9.17) is 5.11 Å². The van der Waals surface area contributed by atoms with Gasteiger partial charge in [0.25, 0.3) is 0 Å². The summed E-state index contributed by atoms with van der Waals surface area (Å²) in [5.41, 5.74) is 1.24. The molecule has 0 heterocycles. The Morgan fingerprint density at radius 3 is 2.87 bits per heavy atom. The molecule has 0 aromatic carbocycles. The molecule has 0 aromatic rings. The van der Waals surface area contributed by atoms with E-state index in [-0.39, 0.29) is 5.92 Å². The monoisotopic (exact) mass is 210 g/mol. The van der Waals surface area contributed by atoms with Crippen LogP contribution in [0.2, 0.25) is 0 Å². The zero-order valence-electron chi connectivity index (χ0n) is 9.67. The van der Waals surface area contributed by atoms with Crippen LogP contribution in [0.5, 0.6) is 0 Å². The zero-order chi connectivity index (χ0) is 11.3. The standard InChI is InChI=1S/C13H22O2/c1-3-4-5-6-11-9-10(2)7-8-12(11)13(14)15/h11-12H,2-9H2,1H3,(H,14,15)/t11?,12-/m1/s1. The number of unbranched alkanes of at least 4 members (excludes halogenated alkanes) is 2. The van der Waals surface area contributed by atoms with Gasteiger partial charge in [-0.1, -0.05) is 38.3 Å². The Balaban J connectivity index is 2.46. The second-order valence-electron chi connectivity index (χ2n) is 4.69. The molecular weight excluding hydrogens is 188 g/mol. The van der Waals surface area contributed by atoms with Crippen LogP contribution in [0.15, 0.2) is 12.2 Å². The first kappa shape index (κ1) is 12.3. The quantitative estimate of drug-likeness (QED) is 0.556. The fraction of sp³-hybridized carbons (Fsp3) is 0.769. The van der Waals surface area contributed by atoms with Gasteiger partial charge in [0.15, 0.2) is 0 Å². The van der Waals surface area contributed by atoms with Crippen molar-refractivity contribution in [2.75, 3.05) is 0 Å². The average Bonchev–Trinajstić information content (AvgIpc) is 2.18. The highest BCUT2D eigenvalue weighted by molar-refractivity contribution is 5.70. The molecule has 2 heteroatoms. The maximum Gasteiger partial charge on any atom is 0.306 e. The molecule has 2 atom stereocenters. The Kier molecular flexibility index (Phi) is 4.86. The largest absolute Gasteiger partial charge is 0.481 e. The van der Waals surface area contributed by atoms with Gasteiger partial charge in [0.1, 0.15) is 0 Å². The van der Waals surface area contributed by atoms with Crippen LogP contribution in [0, 0.1) is 11.8 Å². The molecule has 0 radical (unpaired) electrons. The van der Waals surface area contributed by atoms with Crippen LogP contribution in [0.25, 0.3) is 0 Å². The second-order valence-corrected chi connectivity index (χ2v) is 4.69. The molecule has 1 aliphatic carbocycles. The molecule has 1 N–H and O–H groups in total. The molecule has 2 nitrogen and oxygen atoms in total. The third-order valence-electron chi connectivity index (χ3n) is 3.42. The molecule has 0 aliphatic heterocycles. The van der Waals surface area contributed by atoms with Gasteiger partial charge >= 0.3 is 5.97 Å². The Labute approximate surface area is 92.4 Å². The van der Waals surface area contributed by atoms with Crippen molar-refractivity contribution in [3.63, 3.8) is 0 Å². The van der Waals surface area contributed by atoms with Gasteiger partial charge < -0.3 is 5.11 Å². The number of aliphatic carboxylic acids is 1. The lowest BCUT2D eigenvalue weighted by Gasteiger charge is -2.29.